The molecule has 1 fully saturated rings. The summed E-state index contributed by atoms with van der Waals surface area (Å²) in [6.45, 7) is 16.0. The molecule has 0 radical (unpaired) electrons. The number of aliphatic imine (C=N–C) groups is 1. The summed E-state index contributed by atoms with van der Waals surface area (Å²) in [5.74, 6) is 2.26. The largest absolute Gasteiger partial charge is 0.484 e. The molecule has 0 aliphatic carbocycles. The number of nitrogens with one attached hydrogen (secondary N) is 2. The van der Waals surface area contributed by atoms with Gasteiger partial charge in [0.25, 0.3) is 5.91 Å². The van der Waals surface area contributed by atoms with Crippen LogP contribution in [0.2, 0.25) is 0 Å². The van der Waals surface area contributed by atoms with E-state index in [1.54, 1.807) is 0 Å². The van der Waals surface area contributed by atoms with Gasteiger partial charge in [-0.05, 0) is 57.0 Å². The van der Waals surface area contributed by atoms with Crippen LogP contribution in [-0.2, 0) is 11.3 Å². The van der Waals surface area contributed by atoms with Gasteiger partial charge in [0.05, 0.1) is 6.54 Å². The van der Waals surface area contributed by atoms with Crippen LogP contribution in [-0.4, -0.2) is 74.1 Å². The number of benzene rings is 1. The molecule has 0 bridgehead atoms. The van der Waals surface area contributed by atoms with E-state index < -0.39 is 0 Å². The van der Waals surface area contributed by atoms with Crippen LogP contribution in [0.25, 0.3) is 0 Å². The molecule has 1 unspecified atom stereocenters. The quantitative estimate of drug-likeness (QED) is 0.254. The minimum absolute atomic E-state index is 0. The first kappa shape index (κ1) is 27.5. The second-order valence-electron chi connectivity index (χ2n) is 7.65. The molecule has 1 aromatic rings. The van der Waals surface area contributed by atoms with E-state index in [-0.39, 0.29) is 36.5 Å². The number of guanidine groups is 1. The van der Waals surface area contributed by atoms with Crippen LogP contribution in [0.5, 0.6) is 5.75 Å². The zero-order valence-corrected chi connectivity index (χ0v) is 21.9. The molecule has 7 nitrogen and oxygen atoms in total. The number of hydrogen-bond donors (Lipinski definition) is 2. The Hall–Kier alpha value is -1.55. The van der Waals surface area contributed by atoms with Crippen molar-refractivity contribution in [3.63, 3.8) is 0 Å². The molecule has 0 saturated carbocycles. The third-order valence-corrected chi connectivity index (χ3v) is 5.38. The number of hydrogen-bond acceptors (Lipinski definition) is 4. The molecule has 1 aliphatic heterocycles. The number of likely N-dealkylation sites (tertiary alicyclic amines) is 1. The average molecular weight is 546 g/mol. The van der Waals surface area contributed by atoms with Gasteiger partial charge < -0.3 is 25.2 Å². The molecule has 1 saturated heterocycles. The fraction of sp³-hybridized carbons (Fsp3) is 0.652. The molecule has 176 valence electrons. The van der Waals surface area contributed by atoms with E-state index in [2.05, 4.69) is 41.2 Å². The van der Waals surface area contributed by atoms with Gasteiger partial charge in [0.15, 0.2) is 12.6 Å². The molecular formula is C23H40IN5O2. The minimum atomic E-state index is -0.108. The number of nitrogens with zero attached hydrogens (tertiary/aromatic N) is 3. The van der Waals surface area contributed by atoms with Crippen LogP contribution in [0.3, 0.4) is 0 Å². The lowest BCUT2D eigenvalue weighted by molar-refractivity contribution is -0.122. The first-order chi connectivity index (χ1) is 14.6. The Balaban J connectivity index is 0.00000480. The second-order valence-corrected chi connectivity index (χ2v) is 7.65. The van der Waals surface area contributed by atoms with Crippen molar-refractivity contribution in [1.29, 1.82) is 0 Å². The van der Waals surface area contributed by atoms with Crippen LogP contribution < -0.4 is 15.4 Å². The summed E-state index contributed by atoms with van der Waals surface area (Å²) >= 11 is 0. The maximum atomic E-state index is 11.6. The maximum absolute atomic E-state index is 11.6. The van der Waals surface area contributed by atoms with Crippen molar-refractivity contribution in [2.45, 2.75) is 40.7 Å². The number of carbonyl (C=O) groups excluding carboxylic acids is 1. The molecule has 2 rings (SSSR count). The highest BCUT2D eigenvalue weighted by Gasteiger charge is 2.25. The third-order valence-electron chi connectivity index (χ3n) is 5.38. The van der Waals surface area contributed by atoms with Crippen molar-refractivity contribution in [3.05, 3.63) is 29.8 Å². The van der Waals surface area contributed by atoms with Gasteiger partial charge in [-0.3, -0.25) is 4.79 Å². The first-order valence-corrected chi connectivity index (χ1v) is 11.3. The third kappa shape index (κ3) is 9.64. The van der Waals surface area contributed by atoms with Crippen molar-refractivity contribution < 1.29 is 9.53 Å². The molecule has 1 atom stereocenters. The van der Waals surface area contributed by atoms with Gasteiger partial charge in [-0.25, -0.2) is 4.99 Å². The summed E-state index contributed by atoms with van der Waals surface area (Å²) in [5.41, 5.74) is 1.07. The van der Waals surface area contributed by atoms with Crippen molar-refractivity contribution in [1.82, 2.24) is 20.4 Å². The van der Waals surface area contributed by atoms with Crippen LogP contribution in [0, 0.1) is 5.92 Å². The van der Waals surface area contributed by atoms with Crippen LogP contribution in [0.4, 0.5) is 0 Å². The number of carbonyl (C=O) groups is 1. The zero-order chi connectivity index (χ0) is 21.8. The summed E-state index contributed by atoms with van der Waals surface area (Å²) in [6.07, 6.45) is 1.21. The highest BCUT2D eigenvalue weighted by molar-refractivity contribution is 14.0. The normalized spacial score (nSPS) is 16.2. The van der Waals surface area contributed by atoms with Crippen LogP contribution >= 0.6 is 24.0 Å². The van der Waals surface area contributed by atoms with Gasteiger partial charge in [-0.1, -0.05) is 26.0 Å². The van der Waals surface area contributed by atoms with E-state index in [0.717, 1.165) is 50.8 Å². The topological polar surface area (TPSA) is 69.2 Å². The SMILES string of the molecule is CCNC(=O)COc1cccc(CN=C(NCC)N2CCC(CN(CC)CC)C2)c1.I. The fourth-order valence-corrected chi connectivity index (χ4v) is 3.74. The Morgan fingerprint density at radius 2 is 1.94 bits per heavy atom. The average Bonchev–Trinajstić information content (AvgIpc) is 3.22. The molecule has 8 heteroatoms. The zero-order valence-electron chi connectivity index (χ0n) is 19.5. The van der Waals surface area contributed by atoms with Gasteiger partial charge in [-0.15, -0.1) is 24.0 Å². The predicted molar refractivity (Wildman–Crippen MR) is 138 cm³/mol. The Morgan fingerprint density at radius 1 is 1.19 bits per heavy atom. The molecular weight excluding hydrogens is 505 g/mol. The Morgan fingerprint density at radius 3 is 2.61 bits per heavy atom. The van der Waals surface area contributed by atoms with Gasteiger partial charge in [-0.2, -0.15) is 0 Å². The van der Waals surface area contributed by atoms with E-state index >= 15 is 0 Å². The minimum Gasteiger partial charge on any atom is -0.484 e. The summed E-state index contributed by atoms with van der Waals surface area (Å²) in [7, 11) is 0. The smallest absolute Gasteiger partial charge is 0.257 e. The predicted octanol–water partition coefficient (Wildman–Crippen LogP) is 2.95. The van der Waals surface area contributed by atoms with Gasteiger partial charge in [0.1, 0.15) is 5.75 Å². The first-order valence-electron chi connectivity index (χ1n) is 11.3. The monoisotopic (exact) mass is 545 g/mol. The molecule has 0 aromatic heterocycles. The summed E-state index contributed by atoms with van der Waals surface area (Å²) in [5, 5.41) is 6.18. The number of amides is 1. The Bertz CT molecular complexity index is 682. The molecule has 1 amide bonds. The van der Waals surface area contributed by atoms with E-state index in [0.29, 0.717) is 24.8 Å². The van der Waals surface area contributed by atoms with Crippen molar-refractivity contribution in [3.8, 4) is 5.75 Å². The van der Waals surface area contributed by atoms with E-state index in [9.17, 15) is 4.79 Å². The van der Waals surface area contributed by atoms with Gasteiger partial charge in [0, 0.05) is 32.7 Å². The summed E-state index contributed by atoms with van der Waals surface area (Å²) in [4.78, 5) is 21.3. The standard InChI is InChI=1S/C23H39N5O2.HI/c1-5-24-22(29)18-30-21-11-9-10-19(14-21)15-26-23(25-6-2)28-13-12-20(17-28)16-27(7-3)8-4;/h9-11,14,20H,5-8,12-13,15-18H2,1-4H3,(H,24,29)(H,25,26);1H. The van der Waals surface area contributed by atoms with E-state index in [1.807, 2.05) is 31.2 Å². The van der Waals surface area contributed by atoms with E-state index in [4.69, 9.17) is 9.73 Å². The molecule has 1 aromatic carbocycles. The van der Waals surface area contributed by atoms with Crippen LogP contribution in [0.1, 0.15) is 39.7 Å². The maximum Gasteiger partial charge on any atom is 0.257 e. The summed E-state index contributed by atoms with van der Waals surface area (Å²) in [6, 6.07) is 7.81. The van der Waals surface area contributed by atoms with Crippen molar-refractivity contribution in [2.75, 3.05) is 52.4 Å². The van der Waals surface area contributed by atoms with Gasteiger partial charge in [0.2, 0.25) is 0 Å². The highest BCUT2D eigenvalue weighted by atomic mass is 127. The molecule has 2 N–H and O–H groups in total. The Labute approximate surface area is 205 Å². The molecule has 31 heavy (non-hydrogen) atoms. The Kier molecular flexibility index (Phi) is 13.6. The van der Waals surface area contributed by atoms with Crippen molar-refractivity contribution in [2.24, 2.45) is 10.9 Å². The number of likely N-dealkylation sites (N-methyl/N-ethyl adjacent to an activating group) is 1. The fourth-order valence-electron chi connectivity index (χ4n) is 3.74. The highest BCUT2D eigenvalue weighted by Crippen LogP contribution is 2.19. The molecule has 0 spiro atoms. The number of ether oxygens (including phenoxy) is 1. The number of rotatable bonds is 11. The lowest BCUT2D eigenvalue weighted by atomic mass is 10.1. The lowest BCUT2D eigenvalue weighted by Gasteiger charge is -2.24. The summed E-state index contributed by atoms with van der Waals surface area (Å²) < 4.78 is 5.60. The van der Waals surface area contributed by atoms with Crippen LogP contribution in [0.15, 0.2) is 29.3 Å². The lowest BCUT2D eigenvalue weighted by Crippen LogP contribution is -2.40. The van der Waals surface area contributed by atoms with Gasteiger partial charge >= 0.3 is 0 Å². The molecule has 1 aliphatic rings. The van der Waals surface area contributed by atoms with Crippen molar-refractivity contribution >= 4 is 35.8 Å². The molecule has 1 heterocycles. The van der Waals surface area contributed by atoms with E-state index in [1.165, 1.54) is 6.42 Å². The number of halogens is 1. The second kappa shape index (κ2) is 15.3.